The van der Waals surface area contributed by atoms with Gasteiger partial charge in [-0.1, -0.05) is 11.3 Å². The van der Waals surface area contributed by atoms with E-state index in [1.165, 1.54) is 24.2 Å². The van der Waals surface area contributed by atoms with Crippen LogP contribution in [0.1, 0.15) is 43.2 Å². The monoisotopic (exact) mass is 374 g/mol. The first-order chi connectivity index (χ1) is 12.6. The van der Waals surface area contributed by atoms with Crippen LogP contribution in [0.5, 0.6) is 11.5 Å². The first kappa shape index (κ1) is 17.1. The number of hydroxylamine groups is 1. The second-order valence-electron chi connectivity index (χ2n) is 6.70. The van der Waals surface area contributed by atoms with Gasteiger partial charge in [-0.3, -0.25) is 10.3 Å². The van der Waals surface area contributed by atoms with Gasteiger partial charge in [0.15, 0.2) is 22.1 Å². The third kappa shape index (κ3) is 3.22. The van der Waals surface area contributed by atoms with Crippen molar-refractivity contribution in [3.8, 4) is 11.5 Å². The molecule has 1 aromatic carbocycles. The summed E-state index contributed by atoms with van der Waals surface area (Å²) < 4.78 is 11.6. The van der Waals surface area contributed by atoms with E-state index in [2.05, 4.69) is 15.7 Å². The molecule has 2 heterocycles. The van der Waals surface area contributed by atoms with E-state index in [0.29, 0.717) is 10.1 Å². The number of anilines is 1. The summed E-state index contributed by atoms with van der Waals surface area (Å²) in [5, 5.41) is 9.09. The van der Waals surface area contributed by atoms with Crippen LogP contribution in [0.2, 0.25) is 0 Å². The maximum absolute atomic E-state index is 6.18. The average Bonchev–Trinajstić information content (AvgIpc) is 3.37. The number of nitrogens with one attached hydrogen (secondary N) is 1. The molecule has 0 radical (unpaired) electrons. The summed E-state index contributed by atoms with van der Waals surface area (Å²) >= 11 is 1.31. The molecule has 0 amide bonds. The third-order valence-electron chi connectivity index (χ3n) is 4.73. The molecule has 4 rings (SSSR count). The number of hydrogen-bond acceptors (Lipinski definition) is 8. The van der Waals surface area contributed by atoms with Gasteiger partial charge in [-0.25, -0.2) is 0 Å². The highest BCUT2D eigenvalue weighted by Gasteiger charge is 2.36. The maximum atomic E-state index is 6.18. The normalized spacial score (nSPS) is 22.9. The molecule has 2 aromatic rings. The summed E-state index contributed by atoms with van der Waals surface area (Å²) in [4.78, 5) is 5.77. The molecule has 138 valence electrons. The van der Waals surface area contributed by atoms with Crippen molar-refractivity contribution in [2.45, 2.75) is 44.3 Å². The number of ether oxygens (including phenoxy) is 2. The lowest BCUT2D eigenvalue weighted by atomic mass is 10.0. The fraction of sp³-hybridized carbons (Fsp3) is 0.444. The molecule has 1 unspecified atom stereocenters. The van der Waals surface area contributed by atoms with Crippen LogP contribution >= 0.6 is 11.3 Å². The molecule has 2 aliphatic rings. The number of methoxy groups -OCH3 is 1. The quantitative estimate of drug-likeness (QED) is 0.830. The number of rotatable bonds is 5. The summed E-state index contributed by atoms with van der Waals surface area (Å²) in [6, 6.07) is 5.88. The zero-order valence-electron chi connectivity index (χ0n) is 14.8. The van der Waals surface area contributed by atoms with Gasteiger partial charge < -0.3 is 15.2 Å². The Morgan fingerprint density at radius 3 is 2.77 bits per heavy atom. The molecule has 1 aliphatic carbocycles. The summed E-state index contributed by atoms with van der Waals surface area (Å²) in [6.07, 6.45) is 6.86. The SMILES string of the molecule is COc1ccc(C2=CC(C)(c3nnc(N)s3)ON2)cc1OC1CCCC1. The van der Waals surface area contributed by atoms with E-state index >= 15 is 0 Å². The van der Waals surface area contributed by atoms with E-state index in [-0.39, 0.29) is 6.10 Å². The molecule has 7 nitrogen and oxygen atoms in total. The molecular formula is C18H22N4O3S. The molecule has 0 saturated heterocycles. The fourth-order valence-corrected chi connectivity index (χ4v) is 3.96. The molecule has 3 N–H and O–H groups in total. The van der Waals surface area contributed by atoms with Crippen molar-refractivity contribution in [2.75, 3.05) is 12.8 Å². The van der Waals surface area contributed by atoms with Gasteiger partial charge in [0.05, 0.1) is 18.9 Å². The zero-order chi connectivity index (χ0) is 18.1. The van der Waals surface area contributed by atoms with E-state index < -0.39 is 5.60 Å². The minimum absolute atomic E-state index is 0.260. The van der Waals surface area contributed by atoms with E-state index in [9.17, 15) is 0 Å². The minimum atomic E-state index is -0.711. The van der Waals surface area contributed by atoms with E-state index in [1.807, 2.05) is 31.2 Å². The van der Waals surface area contributed by atoms with Crippen molar-refractivity contribution < 1.29 is 14.3 Å². The second-order valence-corrected chi connectivity index (χ2v) is 7.71. The lowest BCUT2D eigenvalue weighted by molar-refractivity contribution is -0.0255. The second kappa shape index (κ2) is 6.77. The van der Waals surface area contributed by atoms with Crippen molar-refractivity contribution in [1.29, 1.82) is 0 Å². The van der Waals surface area contributed by atoms with E-state index in [0.717, 1.165) is 35.6 Å². The number of aromatic nitrogens is 2. The predicted octanol–water partition coefficient (Wildman–Crippen LogP) is 3.24. The highest BCUT2D eigenvalue weighted by atomic mass is 32.1. The average molecular weight is 374 g/mol. The smallest absolute Gasteiger partial charge is 0.203 e. The molecular weight excluding hydrogens is 352 g/mol. The van der Waals surface area contributed by atoms with Crippen LogP contribution in [0.25, 0.3) is 5.70 Å². The van der Waals surface area contributed by atoms with Gasteiger partial charge in [0.1, 0.15) is 0 Å². The Hall–Kier alpha value is -2.32. The molecule has 1 saturated carbocycles. The molecule has 1 atom stereocenters. The van der Waals surface area contributed by atoms with E-state index in [4.69, 9.17) is 20.0 Å². The van der Waals surface area contributed by atoms with Gasteiger partial charge in [0.25, 0.3) is 0 Å². The number of hydrogen-bond donors (Lipinski definition) is 2. The van der Waals surface area contributed by atoms with Gasteiger partial charge in [-0.05, 0) is 56.9 Å². The Morgan fingerprint density at radius 2 is 2.08 bits per heavy atom. The van der Waals surface area contributed by atoms with Gasteiger partial charge >= 0.3 is 0 Å². The molecule has 0 spiro atoms. The topological polar surface area (TPSA) is 91.5 Å². The van der Waals surface area contributed by atoms with Crippen LogP contribution in [0, 0.1) is 0 Å². The van der Waals surface area contributed by atoms with Crippen molar-refractivity contribution >= 4 is 22.2 Å². The number of benzene rings is 1. The lowest BCUT2D eigenvalue weighted by Crippen LogP contribution is -2.22. The molecule has 1 aromatic heterocycles. The van der Waals surface area contributed by atoms with Crippen molar-refractivity contribution in [3.05, 3.63) is 34.8 Å². The first-order valence-electron chi connectivity index (χ1n) is 8.69. The van der Waals surface area contributed by atoms with Crippen molar-refractivity contribution in [1.82, 2.24) is 15.7 Å². The van der Waals surface area contributed by atoms with Crippen LogP contribution < -0.4 is 20.7 Å². The number of nitrogen functional groups attached to an aromatic ring is 1. The predicted molar refractivity (Wildman–Crippen MR) is 99.7 cm³/mol. The summed E-state index contributed by atoms with van der Waals surface area (Å²) in [7, 11) is 1.66. The highest BCUT2D eigenvalue weighted by molar-refractivity contribution is 7.15. The fourth-order valence-electron chi connectivity index (χ4n) is 3.30. The minimum Gasteiger partial charge on any atom is -0.493 e. The maximum Gasteiger partial charge on any atom is 0.203 e. The largest absolute Gasteiger partial charge is 0.493 e. The Balaban J connectivity index is 1.62. The van der Waals surface area contributed by atoms with E-state index in [1.54, 1.807) is 7.11 Å². The van der Waals surface area contributed by atoms with Crippen LogP contribution in [-0.2, 0) is 10.4 Å². The van der Waals surface area contributed by atoms with Gasteiger partial charge in [0.2, 0.25) is 5.13 Å². The Bertz CT molecular complexity index is 832. The van der Waals surface area contributed by atoms with Crippen LogP contribution in [0.3, 0.4) is 0 Å². The van der Waals surface area contributed by atoms with Crippen molar-refractivity contribution in [3.63, 3.8) is 0 Å². The third-order valence-corrected chi connectivity index (χ3v) is 5.70. The Labute approximate surface area is 156 Å². The van der Waals surface area contributed by atoms with Crippen LogP contribution in [0.15, 0.2) is 24.3 Å². The van der Waals surface area contributed by atoms with Crippen LogP contribution in [-0.4, -0.2) is 23.4 Å². The van der Waals surface area contributed by atoms with Gasteiger partial charge in [0, 0.05) is 5.56 Å². The summed E-state index contributed by atoms with van der Waals surface area (Å²) in [5.74, 6) is 1.49. The standard InChI is InChI=1S/C18H22N4O3S/c1-18(16-20-21-17(19)26-16)10-13(22-25-18)11-7-8-14(23-2)15(9-11)24-12-5-3-4-6-12/h7-10,12,22H,3-6H2,1-2H3,(H2,19,21). The highest BCUT2D eigenvalue weighted by Crippen LogP contribution is 2.39. The van der Waals surface area contributed by atoms with Crippen molar-refractivity contribution in [2.24, 2.45) is 0 Å². The summed E-state index contributed by atoms with van der Waals surface area (Å²) in [5.41, 5.74) is 9.79. The number of nitrogens with two attached hydrogens (primary N) is 1. The molecule has 1 aliphatic heterocycles. The lowest BCUT2D eigenvalue weighted by Gasteiger charge is -2.17. The number of nitrogens with zero attached hydrogens (tertiary/aromatic N) is 2. The summed E-state index contributed by atoms with van der Waals surface area (Å²) in [6.45, 7) is 1.92. The van der Waals surface area contributed by atoms with Gasteiger partial charge in [-0.2, -0.15) is 0 Å². The zero-order valence-corrected chi connectivity index (χ0v) is 15.6. The Morgan fingerprint density at radius 1 is 1.27 bits per heavy atom. The van der Waals surface area contributed by atoms with Crippen LogP contribution in [0.4, 0.5) is 5.13 Å². The first-order valence-corrected chi connectivity index (χ1v) is 9.50. The molecule has 26 heavy (non-hydrogen) atoms. The van der Waals surface area contributed by atoms with Gasteiger partial charge in [-0.15, -0.1) is 10.2 Å². The molecule has 1 fully saturated rings. The molecule has 0 bridgehead atoms. The Kier molecular flexibility index (Phi) is 4.46. The molecule has 8 heteroatoms.